The number of anilines is 1. The number of rotatable bonds is 11. The number of nitrogens with zero attached hydrogens (tertiary/aromatic N) is 1. The first kappa shape index (κ1) is 25.4. The molecule has 0 saturated heterocycles. The van der Waals surface area contributed by atoms with E-state index in [2.05, 4.69) is 5.32 Å². The van der Waals surface area contributed by atoms with E-state index in [-0.39, 0.29) is 16.3 Å². The number of halogens is 1. The van der Waals surface area contributed by atoms with Crippen LogP contribution in [0.15, 0.2) is 77.7 Å². The smallest absolute Gasteiger partial charge is 0.264 e. The van der Waals surface area contributed by atoms with Crippen molar-refractivity contribution >= 4 is 33.2 Å². The van der Waals surface area contributed by atoms with Crippen LogP contribution in [0.4, 0.5) is 5.69 Å². The van der Waals surface area contributed by atoms with Crippen LogP contribution in [0.2, 0.25) is 5.02 Å². The van der Waals surface area contributed by atoms with Crippen molar-refractivity contribution in [2.45, 2.75) is 17.7 Å². The molecule has 3 rings (SSSR count). The number of amides is 1. The summed E-state index contributed by atoms with van der Waals surface area (Å²) < 4.78 is 38.5. The molecular formula is C25H27ClN2O5S. The molecule has 180 valence electrons. The number of benzene rings is 3. The fourth-order valence-electron chi connectivity index (χ4n) is 3.41. The predicted octanol–water partition coefficient (Wildman–Crippen LogP) is 4.30. The van der Waals surface area contributed by atoms with Crippen molar-refractivity contribution in [3.8, 4) is 11.5 Å². The zero-order chi connectivity index (χ0) is 24.6. The molecule has 0 spiro atoms. The molecule has 0 saturated carbocycles. The van der Waals surface area contributed by atoms with E-state index in [0.29, 0.717) is 18.0 Å². The van der Waals surface area contributed by atoms with Crippen LogP contribution in [0.5, 0.6) is 11.5 Å². The van der Waals surface area contributed by atoms with E-state index in [1.165, 1.54) is 25.3 Å². The van der Waals surface area contributed by atoms with Gasteiger partial charge < -0.3 is 14.8 Å². The van der Waals surface area contributed by atoms with E-state index < -0.39 is 22.5 Å². The van der Waals surface area contributed by atoms with Crippen LogP contribution < -0.4 is 19.1 Å². The molecule has 1 N–H and O–H groups in total. The zero-order valence-electron chi connectivity index (χ0n) is 19.0. The van der Waals surface area contributed by atoms with Crippen molar-refractivity contribution < 1.29 is 22.7 Å². The molecule has 1 amide bonds. The van der Waals surface area contributed by atoms with Gasteiger partial charge in [0.25, 0.3) is 10.0 Å². The lowest BCUT2D eigenvalue weighted by Gasteiger charge is -2.26. The van der Waals surface area contributed by atoms with Gasteiger partial charge in [0, 0.05) is 11.6 Å². The normalized spacial score (nSPS) is 11.0. The summed E-state index contributed by atoms with van der Waals surface area (Å²) >= 11 is 6.15. The Bertz CT molecular complexity index is 1220. The molecule has 0 aliphatic heterocycles. The van der Waals surface area contributed by atoms with Crippen LogP contribution in [0.25, 0.3) is 0 Å². The molecule has 0 aliphatic rings. The first-order valence-corrected chi connectivity index (χ1v) is 12.5. The number of aryl methyl sites for hydroxylation is 1. The second-order valence-electron chi connectivity index (χ2n) is 7.45. The highest BCUT2D eigenvalue weighted by atomic mass is 35.5. The largest absolute Gasteiger partial charge is 0.497 e. The number of nitrogens with one attached hydrogen (secondary N) is 1. The van der Waals surface area contributed by atoms with E-state index in [4.69, 9.17) is 21.1 Å². The molecule has 0 heterocycles. The highest BCUT2D eigenvalue weighted by Gasteiger charge is 2.29. The maximum atomic E-state index is 13.5. The summed E-state index contributed by atoms with van der Waals surface area (Å²) in [5, 5.41) is 3.13. The fraction of sp³-hybridized carbons (Fsp3) is 0.240. The van der Waals surface area contributed by atoms with Crippen molar-refractivity contribution in [3.05, 3.63) is 83.4 Å². The average molecular weight is 503 g/mol. The van der Waals surface area contributed by atoms with Gasteiger partial charge in [0.1, 0.15) is 18.0 Å². The van der Waals surface area contributed by atoms with Crippen LogP contribution in [-0.2, 0) is 21.2 Å². The third-order valence-corrected chi connectivity index (χ3v) is 7.14. The Hall–Kier alpha value is -3.23. The summed E-state index contributed by atoms with van der Waals surface area (Å²) in [5.74, 6) is 0.626. The van der Waals surface area contributed by atoms with Crippen molar-refractivity contribution in [2.24, 2.45) is 0 Å². The SMILES string of the molecule is COc1cccc(CCCNC(=O)CN(c2cc(Cl)ccc2OC)S(=O)(=O)c2ccccc2)c1. The molecule has 0 aliphatic carbocycles. The van der Waals surface area contributed by atoms with Crippen LogP contribution in [0.1, 0.15) is 12.0 Å². The summed E-state index contributed by atoms with van der Waals surface area (Å²) in [6, 6.07) is 20.3. The van der Waals surface area contributed by atoms with E-state index in [1.807, 2.05) is 24.3 Å². The Labute approximate surface area is 205 Å². The average Bonchev–Trinajstić information content (AvgIpc) is 2.85. The number of ether oxygens (including phenoxy) is 2. The number of hydrogen-bond acceptors (Lipinski definition) is 5. The summed E-state index contributed by atoms with van der Waals surface area (Å²) in [6.45, 7) is -0.0327. The van der Waals surface area contributed by atoms with Gasteiger partial charge >= 0.3 is 0 Å². The highest BCUT2D eigenvalue weighted by molar-refractivity contribution is 7.92. The molecule has 0 atom stereocenters. The van der Waals surface area contributed by atoms with Crippen molar-refractivity contribution in [2.75, 3.05) is 31.6 Å². The van der Waals surface area contributed by atoms with E-state index in [9.17, 15) is 13.2 Å². The molecule has 0 fully saturated rings. The number of carbonyl (C=O) groups is 1. The summed E-state index contributed by atoms with van der Waals surface area (Å²) in [6.07, 6.45) is 1.43. The Morgan fingerprint density at radius 3 is 2.44 bits per heavy atom. The minimum atomic E-state index is -4.06. The van der Waals surface area contributed by atoms with Crippen LogP contribution in [-0.4, -0.2) is 41.6 Å². The maximum Gasteiger partial charge on any atom is 0.264 e. The minimum absolute atomic E-state index is 0.0582. The molecule has 3 aromatic rings. The van der Waals surface area contributed by atoms with E-state index in [1.54, 1.807) is 37.4 Å². The Morgan fingerprint density at radius 2 is 1.74 bits per heavy atom. The summed E-state index contributed by atoms with van der Waals surface area (Å²) in [4.78, 5) is 12.8. The lowest BCUT2D eigenvalue weighted by atomic mass is 10.1. The van der Waals surface area contributed by atoms with E-state index in [0.717, 1.165) is 22.0 Å². The van der Waals surface area contributed by atoms with Crippen molar-refractivity contribution in [1.82, 2.24) is 5.32 Å². The van der Waals surface area contributed by atoms with Crippen LogP contribution in [0, 0.1) is 0 Å². The Balaban J connectivity index is 1.75. The molecule has 0 aromatic heterocycles. The standard InChI is InChI=1S/C25H27ClN2O5S/c1-32-21-10-6-8-19(16-21)9-7-15-27-25(29)18-28(23-17-20(26)13-14-24(23)33-2)34(30,31)22-11-4-3-5-12-22/h3-6,8,10-14,16-17H,7,9,15,18H2,1-2H3,(H,27,29). The molecule has 7 nitrogen and oxygen atoms in total. The van der Waals surface area contributed by atoms with Crippen molar-refractivity contribution in [3.63, 3.8) is 0 Å². The van der Waals surface area contributed by atoms with Gasteiger partial charge in [-0.3, -0.25) is 9.10 Å². The van der Waals surface area contributed by atoms with Gasteiger partial charge in [0.2, 0.25) is 5.91 Å². The molecule has 34 heavy (non-hydrogen) atoms. The highest BCUT2D eigenvalue weighted by Crippen LogP contribution is 2.34. The topological polar surface area (TPSA) is 84.9 Å². The number of hydrogen-bond donors (Lipinski definition) is 1. The Kier molecular flexibility index (Phi) is 8.79. The van der Waals surface area contributed by atoms with Gasteiger partial charge in [-0.1, -0.05) is 41.9 Å². The zero-order valence-corrected chi connectivity index (χ0v) is 20.6. The van der Waals surface area contributed by atoms with Crippen molar-refractivity contribution in [1.29, 1.82) is 0 Å². The Morgan fingerprint density at radius 1 is 0.971 bits per heavy atom. The third kappa shape index (κ3) is 6.42. The summed E-state index contributed by atoms with van der Waals surface area (Å²) in [7, 11) is -1.02. The molecule has 9 heteroatoms. The summed E-state index contributed by atoms with van der Waals surface area (Å²) in [5.41, 5.74) is 1.27. The first-order valence-electron chi connectivity index (χ1n) is 10.7. The number of methoxy groups -OCH3 is 2. The van der Waals surface area contributed by atoms with Gasteiger partial charge in [-0.25, -0.2) is 8.42 Å². The molecule has 0 unspecified atom stereocenters. The van der Waals surface area contributed by atoms with Gasteiger partial charge in [-0.2, -0.15) is 0 Å². The van der Waals surface area contributed by atoms with Crippen LogP contribution in [0.3, 0.4) is 0 Å². The first-order chi connectivity index (χ1) is 16.3. The third-order valence-electron chi connectivity index (χ3n) is 5.13. The fourth-order valence-corrected chi connectivity index (χ4v) is 5.02. The van der Waals surface area contributed by atoms with E-state index >= 15 is 0 Å². The second kappa shape index (κ2) is 11.8. The van der Waals surface area contributed by atoms with Gasteiger partial charge in [0.15, 0.2) is 0 Å². The molecule has 0 radical (unpaired) electrons. The number of sulfonamides is 1. The number of carbonyl (C=O) groups excluding carboxylic acids is 1. The van der Waals surface area contributed by atoms with Crippen LogP contribution >= 0.6 is 11.6 Å². The second-order valence-corrected chi connectivity index (χ2v) is 9.74. The lowest BCUT2D eigenvalue weighted by Crippen LogP contribution is -2.41. The molecular weight excluding hydrogens is 476 g/mol. The monoisotopic (exact) mass is 502 g/mol. The minimum Gasteiger partial charge on any atom is -0.497 e. The lowest BCUT2D eigenvalue weighted by molar-refractivity contribution is -0.119. The predicted molar refractivity (Wildman–Crippen MR) is 133 cm³/mol. The molecule has 0 bridgehead atoms. The quantitative estimate of drug-likeness (QED) is 0.395. The maximum absolute atomic E-state index is 13.5. The van der Waals surface area contributed by atoms with Gasteiger partial charge in [0.05, 0.1) is 24.8 Å². The van der Waals surface area contributed by atoms with Gasteiger partial charge in [-0.15, -0.1) is 0 Å². The molecule has 3 aromatic carbocycles. The van der Waals surface area contributed by atoms with Gasteiger partial charge in [-0.05, 0) is 60.9 Å².